The molecule has 0 saturated heterocycles. The molecule has 0 aliphatic rings. The predicted octanol–water partition coefficient (Wildman–Crippen LogP) is 0.793. The molecule has 0 unspecified atom stereocenters. The van der Waals surface area contributed by atoms with Crippen LogP contribution in [-0.2, 0) is 18.3 Å². The van der Waals surface area contributed by atoms with Crippen molar-refractivity contribution >= 4 is 17.0 Å². The summed E-state index contributed by atoms with van der Waals surface area (Å²) in [5.41, 5.74) is 2.86. The number of hydrogen-bond donors (Lipinski definition) is 1. The van der Waals surface area contributed by atoms with E-state index < -0.39 is 5.97 Å². The first-order valence-electron chi connectivity index (χ1n) is 6.39. The van der Waals surface area contributed by atoms with E-state index in [9.17, 15) is 4.79 Å². The lowest BCUT2D eigenvalue weighted by atomic mass is 10.1. The fourth-order valence-corrected chi connectivity index (χ4v) is 2.41. The fraction of sp³-hybridized carbons (Fsp3) is 0.308. The number of carboxylic acid groups (broad SMARTS) is 1. The van der Waals surface area contributed by atoms with Crippen LogP contribution in [-0.4, -0.2) is 40.6 Å². The van der Waals surface area contributed by atoms with Gasteiger partial charge in [0.05, 0.1) is 23.7 Å². The van der Waals surface area contributed by atoms with E-state index in [0.29, 0.717) is 22.7 Å². The zero-order chi connectivity index (χ0) is 15.1. The van der Waals surface area contributed by atoms with Crippen LogP contribution in [0, 0.1) is 13.8 Å². The van der Waals surface area contributed by atoms with Crippen LogP contribution in [0.3, 0.4) is 0 Å². The normalized spacial score (nSPS) is 11.2. The van der Waals surface area contributed by atoms with Crippen molar-refractivity contribution in [3.05, 3.63) is 29.5 Å². The number of rotatable bonds is 3. The SMILES string of the molecule is Cc1nn(-c2ncnc3c2cnn3C)c(C)c1CC(=O)O. The Labute approximate surface area is 120 Å². The summed E-state index contributed by atoms with van der Waals surface area (Å²) >= 11 is 0. The van der Waals surface area contributed by atoms with E-state index in [4.69, 9.17) is 5.11 Å². The zero-order valence-electron chi connectivity index (χ0n) is 11.9. The van der Waals surface area contributed by atoms with Gasteiger partial charge in [-0.3, -0.25) is 9.48 Å². The summed E-state index contributed by atoms with van der Waals surface area (Å²) in [5.74, 6) is -0.277. The lowest BCUT2D eigenvalue weighted by Gasteiger charge is -2.05. The van der Waals surface area contributed by atoms with Crippen LogP contribution < -0.4 is 0 Å². The summed E-state index contributed by atoms with van der Waals surface area (Å²) < 4.78 is 3.31. The third kappa shape index (κ3) is 2.04. The van der Waals surface area contributed by atoms with Gasteiger partial charge in [0.25, 0.3) is 0 Å². The topological polar surface area (TPSA) is 98.7 Å². The van der Waals surface area contributed by atoms with Crippen molar-refractivity contribution in [2.75, 3.05) is 0 Å². The van der Waals surface area contributed by atoms with Crippen LogP contribution in [0.15, 0.2) is 12.5 Å². The highest BCUT2D eigenvalue weighted by Crippen LogP contribution is 2.22. The Bertz CT molecular complexity index is 848. The molecule has 0 amide bonds. The van der Waals surface area contributed by atoms with Gasteiger partial charge in [0.2, 0.25) is 0 Å². The van der Waals surface area contributed by atoms with E-state index in [2.05, 4.69) is 20.2 Å². The van der Waals surface area contributed by atoms with Gasteiger partial charge in [-0.15, -0.1) is 0 Å². The Morgan fingerprint density at radius 1 is 1.33 bits per heavy atom. The van der Waals surface area contributed by atoms with Crippen molar-refractivity contribution < 1.29 is 9.90 Å². The molecule has 3 aromatic rings. The molecule has 0 bridgehead atoms. The molecule has 0 spiro atoms. The van der Waals surface area contributed by atoms with Gasteiger partial charge in [-0.1, -0.05) is 0 Å². The summed E-state index contributed by atoms with van der Waals surface area (Å²) in [5, 5.41) is 18.4. The number of aryl methyl sites for hydroxylation is 2. The van der Waals surface area contributed by atoms with Crippen LogP contribution >= 0.6 is 0 Å². The average Bonchev–Trinajstić information content (AvgIpc) is 2.94. The number of aliphatic carboxylic acids is 1. The molecule has 0 aliphatic carbocycles. The van der Waals surface area contributed by atoms with E-state index in [1.165, 1.54) is 6.33 Å². The molecule has 8 heteroatoms. The van der Waals surface area contributed by atoms with E-state index >= 15 is 0 Å². The third-order valence-electron chi connectivity index (χ3n) is 3.48. The zero-order valence-corrected chi connectivity index (χ0v) is 11.9. The van der Waals surface area contributed by atoms with Crippen molar-refractivity contribution in [3.63, 3.8) is 0 Å². The fourth-order valence-electron chi connectivity index (χ4n) is 2.41. The van der Waals surface area contributed by atoms with Crippen LogP contribution in [0.25, 0.3) is 16.9 Å². The predicted molar refractivity (Wildman–Crippen MR) is 74.2 cm³/mol. The second kappa shape index (κ2) is 4.65. The van der Waals surface area contributed by atoms with Crippen LogP contribution in [0.2, 0.25) is 0 Å². The summed E-state index contributed by atoms with van der Waals surface area (Å²) in [6.45, 7) is 3.63. The van der Waals surface area contributed by atoms with Crippen molar-refractivity contribution in [1.29, 1.82) is 0 Å². The minimum atomic E-state index is -0.880. The van der Waals surface area contributed by atoms with Gasteiger partial charge in [-0.2, -0.15) is 10.2 Å². The van der Waals surface area contributed by atoms with Crippen LogP contribution in [0.5, 0.6) is 0 Å². The van der Waals surface area contributed by atoms with E-state index in [1.54, 1.807) is 29.5 Å². The minimum absolute atomic E-state index is 0.0566. The molecule has 21 heavy (non-hydrogen) atoms. The van der Waals surface area contributed by atoms with Gasteiger partial charge in [0.15, 0.2) is 11.5 Å². The van der Waals surface area contributed by atoms with Gasteiger partial charge >= 0.3 is 5.97 Å². The number of aromatic nitrogens is 6. The van der Waals surface area contributed by atoms with Gasteiger partial charge in [-0.25, -0.2) is 14.6 Å². The largest absolute Gasteiger partial charge is 0.481 e. The molecular formula is C13H14N6O2. The number of carbonyl (C=O) groups is 1. The van der Waals surface area contributed by atoms with E-state index in [-0.39, 0.29) is 6.42 Å². The second-order valence-corrected chi connectivity index (χ2v) is 4.83. The Balaban J connectivity index is 2.22. The second-order valence-electron chi connectivity index (χ2n) is 4.83. The van der Waals surface area contributed by atoms with E-state index in [1.807, 2.05) is 6.92 Å². The molecule has 0 aromatic carbocycles. The highest BCUT2D eigenvalue weighted by molar-refractivity contribution is 5.82. The summed E-state index contributed by atoms with van der Waals surface area (Å²) in [7, 11) is 1.80. The van der Waals surface area contributed by atoms with Gasteiger partial charge in [0, 0.05) is 18.3 Å². The summed E-state index contributed by atoms with van der Waals surface area (Å²) in [6, 6.07) is 0. The smallest absolute Gasteiger partial charge is 0.307 e. The molecule has 0 radical (unpaired) electrons. The highest BCUT2D eigenvalue weighted by Gasteiger charge is 2.18. The number of nitrogens with zero attached hydrogens (tertiary/aromatic N) is 6. The van der Waals surface area contributed by atoms with Crippen molar-refractivity contribution in [2.45, 2.75) is 20.3 Å². The van der Waals surface area contributed by atoms with Crippen LogP contribution in [0.1, 0.15) is 17.0 Å². The highest BCUT2D eigenvalue weighted by atomic mass is 16.4. The molecule has 0 saturated carbocycles. The maximum atomic E-state index is 11.0. The molecule has 1 N–H and O–H groups in total. The average molecular weight is 286 g/mol. The maximum absolute atomic E-state index is 11.0. The van der Waals surface area contributed by atoms with E-state index in [0.717, 1.165) is 11.1 Å². The number of hydrogen-bond acceptors (Lipinski definition) is 5. The number of fused-ring (bicyclic) bond motifs is 1. The molecule has 3 heterocycles. The molecule has 3 aromatic heterocycles. The van der Waals surface area contributed by atoms with Crippen molar-refractivity contribution in [2.24, 2.45) is 7.05 Å². The molecule has 0 aliphatic heterocycles. The Kier molecular flexibility index (Phi) is 2.93. The quantitative estimate of drug-likeness (QED) is 0.764. The Morgan fingerprint density at radius 3 is 2.81 bits per heavy atom. The first-order chi connectivity index (χ1) is 9.99. The first-order valence-corrected chi connectivity index (χ1v) is 6.39. The lowest BCUT2D eigenvalue weighted by Crippen LogP contribution is -2.05. The standard InChI is InChI=1S/C13H14N6O2/c1-7-9(4-11(20)21)8(2)19(17-7)13-10-5-16-18(3)12(10)14-6-15-13/h5-6H,4H2,1-3H3,(H,20,21). The molecule has 108 valence electrons. The molecule has 0 atom stereocenters. The minimum Gasteiger partial charge on any atom is -0.481 e. The number of carboxylic acids is 1. The monoisotopic (exact) mass is 286 g/mol. The first kappa shape index (κ1) is 13.2. The van der Waals surface area contributed by atoms with Gasteiger partial charge in [0.1, 0.15) is 6.33 Å². The van der Waals surface area contributed by atoms with Crippen molar-refractivity contribution in [3.8, 4) is 5.82 Å². The Hall–Kier alpha value is -2.77. The summed E-state index contributed by atoms with van der Waals surface area (Å²) in [6.07, 6.45) is 3.07. The van der Waals surface area contributed by atoms with Gasteiger partial charge in [-0.05, 0) is 13.8 Å². The lowest BCUT2D eigenvalue weighted by molar-refractivity contribution is -0.136. The summed E-state index contributed by atoms with van der Waals surface area (Å²) in [4.78, 5) is 19.4. The molecule has 0 fully saturated rings. The Morgan fingerprint density at radius 2 is 2.10 bits per heavy atom. The molecule has 3 rings (SSSR count). The third-order valence-corrected chi connectivity index (χ3v) is 3.48. The van der Waals surface area contributed by atoms with Crippen molar-refractivity contribution in [1.82, 2.24) is 29.5 Å². The van der Waals surface area contributed by atoms with Gasteiger partial charge < -0.3 is 5.11 Å². The molecule has 8 nitrogen and oxygen atoms in total. The maximum Gasteiger partial charge on any atom is 0.307 e. The van der Waals surface area contributed by atoms with Crippen LogP contribution in [0.4, 0.5) is 0 Å². The molecular weight excluding hydrogens is 272 g/mol.